The van der Waals surface area contributed by atoms with Crippen LogP contribution in [-0.4, -0.2) is 41.7 Å². The topological polar surface area (TPSA) is 52.6 Å². The molecule has 1 amide bonds. The van der Waals surface area contributed by atoms with Crippen LogP contribution < -0.4 is 5.32 Å². The highest BCUT2D eigenvalue weighted by Gasteiger charge is 2.29. The van der Waals surface area contributed by atoms with E-state index >= 15 is 0 Å². The molecule has 1 aliphatic heterocycles. The average molecular weight is 313 g/mol. The van der Waals surface area contributed by atoms with Crippen molar-refractivity contribution in [3.05, 3.63) is 35.4 Å². The van der Waals surface area contributed by atoms with Gasteiger partial charge in [0.15, 0.2) is 0 Å². The van der Waals surface area contributed by atoms with Crippen LogP contribution >= 0.6 is 12.4 Å². The fourth-order valence-electron chi connectivity index (χ4n) is 2.53. The van der Waals surface area contributed by atoms with Crippen molar-refractivity contribution in [3.8, 4) is 0 Å². The fourth-order valence-corrected chi connectivity index (χ4v) is 2.53. The van der Waals surface area contributed by atoms with Crippen LogP contribution in [-0.2, 0) is 11.3 Å². The number of carbonyl (C=O) groups excluding carboxylic acids is 1. The van der Waals surface area contributed by atoms with Gasteiger partial charge in [0.2, 0.25) is 5.91 Å². The lowest BCUT2D eigenvalue weighted by Crippen LogP contribution is -2.41. The maximum atomic E-state index is 12.2. The van der Waals surface area contributed by atoms with Gasteiger partial charge in [-0.1, -0.05) is 38.1 Å². The summed E-state index contributed by atoms with van der Waals surface area (Å²) in [7, 11) is 1.81. The Morgan fingerprint density at radius 1 is 1.38 bits per heavy atom. The zero-order valence-corrected chi connectivity index (χ0v) is 13.7. The molecule has 118 valence electrons. The molecule has 0 radical (unpaired) electrons. The van der Waals surface area contributed by atoms with Gasteiger partial charge in [0.25, 0.3) is 0 Å². The van der Waals surface area contributed by atoms with Crippen LogP contribution in [0.4, 0.5) is 0 Å². The van der Waals surface area contributed by atoms with Crippen molar-refractivity contribution in [2.24, 2.45) is 0 Å². The minimum atomic E-state index is -0.400. The third-order valence-electron chi connectivity index (χ3n) is 3.85. The van der Waals surface area contributed by atoms with Gasteiger partial charge in [-0.15, -0.1) is 12.4 Å². The van der Waals surface area contributed by atoms with Gasteiger partial charge in [-0.25, -0.2) is 0 Å². The van der Waals surface area contributed by atoms with E-state index in [0.29, 0.717) is 25.4 Å². The van der Waals surface area contributed by atoms with Gasteiger partial charge in [0.1, 0.15) is 0 Å². The van der Waals surface area contributed by atoms with Crippen LogP contribution in [0.5, 0.6) is 0 Å². The number of nitrogens with one attached hydrogen (secondary N) is 1. The van der Waals surface area contributed by atoms with Crippen LogP contribution in [0.3, 0.4) is 0 Å². The molecule has 1 aromatic rings. The molecule has 2 atom stereocenters. The molecular formula is C16H25ClN2O2. The number of hydrogen-bond donors (Lipinski definition) is 2. The standard InChI is InChI=1S/C16H24N2O2.ClH/c1-11(2)13-6-4-12(5-7-13)10-18(3)16(20)15-8-14(19)9-17-15;/h4-7,11,14-15,17,19H,8-10H2,1-3H3;1H. The summed E-state index contributed by atoms with van der Waals surface area (Å²) in [6.07, 6.45) is 0.109. The van der Waals surface area contributed by atoms with E-state index in [2.05, 4.69) is 43.4 Å². The number of β-amino-alcohol motifs (C(OH)–C–C–N with tert-alkyl or cyclic N) is 1. The summed E-state index contributed by atoms with van der Waals surface area (Å²) in [5.74, 6) is 0.571. The van der Waals surface area contributed by atoms with Gasteiger partial charge in [-0.2, -0.15) is 0 Å². The molecule has 0 bridgehead atoms. The zero-order valence-electron chi connectivity index (χ0n) is 12.9. The fraction of sp³-hybridized carbons (Fsp3) is 0.562. The molecular weight excluding hydrogens is 288 g/mol. The summed E-state index contributed by atoms with van der Waals surface area (Å²) < 4.78 is 0. The van der Waals surface area contributed by atoms with Crippen molar-refractivity contribution in [2.45, 2.75) is 44.9 Å². The second-order valence-electron chi connectivity index (χ2n) is 5.94. The number of benzene rings is 1. The molecule has 0 aliphatic carbocycles. The highest BCUT2D eigenvalue weighted by molar-refractivity contribution is 5.85. The normalized spacial score (nSPS) is 21.2. The van der Waals surface area contributed by atoms with E-state index in [1.165, 1.54) is 5.56 Å². The Morgan fingerprint density at radius 2 is 2.00 bits per heavy atom. The van der Waals surface area contributed by atoms with Crippen molar-refractivity contribution in [2.75, 3.05) is 13.6 Å². The third kappa shape index (κ3) is 4.70. The van der Waals surface area contributed by atoms with Crippen molar-refractivity contribution in [3.63, 3.8) is 0 Å². The third-order valence-corrected chi connectivity index (χ3v) is 3.85. The quantitative estimate of drug-likeness (QED) is 0.893. The van der Waals surface area contributed by atoms with Gasteiger partial charge >= 0.3 is 0 Å². The van der Waals surface area contributed by atoms with Crippen molar-refractivity contribution >= 4 is 18.3 Å². The SMILES string of the molecule is CC(C)c1ccc(CN(C)C(=O)C2CC(O)CN2)cc1.Cl. The summed E-state index contributed by atoms with van der Waals surface area (Å²) in [6, 6.07) is 8.16. The number of aliphatic hydroxyl groups is 1. The molecule has 21 heavy (non-hydrogen) atoms. The Kier molecular flexibility index (Phi) is 6.65. The first-order valence-electron chi connectivity index (χ1n) is 7.22. The summed E-state index contributed by atoms with van der Waals surface area (Å²) in [5, 5.41) is 12.5. The highest BCUT2D eigenvalue weighted by atomic mass is 35.5. The predicted octanol–water partition coefficient (Wildman–Crippen LogP) is 1.91. The minimum Gasteiger partial charge on any atom is -0.392 e. The molecule has 5 heteroatoms. The van der Waals surface area contributed by atoms with E-state index in [9.17, 15) is 9.90 Å². The van der Waals surface area contributed by atoms with Crippen molar-refractivity contribution < 1.29 is 9.90 Å². The second kappa shape index (κ2) is 7.78. The molecule has 4 nitrogen and oxygen atoms in total. The zero-order chi connectivity index (χ0) is 14.7. The van der Waals surface area contributed by atoms with Gasteiger partial charge in [0, 0.05) is 20.1 Å². The number of halogens is 1. The van der Waals surface area contributed by atoms with Gasteiger partial charge in [-0.05, 0) is 23.5 Å². The molecule has 1 aliphatic rings. The molecule has 0 saturated carbocycles. The largest absolute Gasteiger partial charge is 0.392 e. The molecule has 1 heterocycles. The van der Waals surface area contributed by atoms with Crippen LogP contribution in [0.1, 0.15) is 37.3 Å². The van der Waals surface area contributed by atoms with Gasteiger partial charge in [-0.3, -0.25) is 4.79 Å². The summed E-state index contributed by atoms with van der Waals surface area (Å²) in [5.41, 5.74) is 2.44. The maximum absolute atomic E-state index is 12.2. The molecule has 0 spiro atoms. The Morgan fingerprint density at radius 3 is 2.48 bits per heavy atom. The van der Waals surface area contributed by atoms with E-state index in [4.69, 9.17) is 0 Å². The van der Waals surface area contributed by atoms with E-state index in [1.54, 1.807) is 4.90 Å². The molecule has 2 unspecified atom stereocenters. The number of likely N-dealkylation sites (N-methyl/N-ethyl adjacent to an activating group) is 1. The van der Waals surface area contributed by atoms with Crippen molar-refractivity contribution in [1.29, 1.82) is 0 Å². The first-order valence-corrected chi connectivity index (χ1v) is 7.22. The summed E-state index contributed by atoms with van der Waals surface area (Å²) in [4.78, 5) is 13.9. The van der Waals surface area contributed by atoms with Crippen LogP contribution in [0.25, 0.3) is 0 Å². The number of amides is 1. The lowest BCUT2D eigenvalue weighted by atomic mass is 10.0. The molecule has 1 saturated heterocycles. The monoisotopic (exact) mass is 312 g/mol. The first-order chi connectivity index (χ1) is 9.47. The van der Waals surface area contributed by atoms with E-state index in [0.717, 1.165) is 5.56 Å². The Bertz CT molecular complexity index is 462. The van der Waals surface area contributed by atoms with Crippen LogP contribution in [0, 0.1) is 0 Å². The molecule has 0 aromatic heterocycles. The van der Waals surface area contributed by atoms with Gasteiger partial charge < -0.3 is 15.3 Å². The van der Waals surface area contributed by atoms with Crippen molar-refractivity contribution in [1.82, 2.24) is 10.2 Å². The lowest BCUT2D eigenvalue weighted by Gasteiger charge is -2.21. The number of rotatable bonds is 4. The van der Waals surface area contributed by atoms with E-state index in [-0.39, 0.29) is 24.4 Å². The second-order valence-corrected chi connectivity index (χ2v) is 5.94. The Labute approximate surface area is 132 Å². The van der Waals surface area contributed by atoms with Gasteiger partial charge in [0.05, 0.1) is 12.1 Å². The summed E-state index contributed by atoms with van der Waals surface area (Å²) >= 11 is 0. The number of aliphatic hydroxyl groups excluding tert-OH is 1. The number of carbonyl (C=O) groups is 1. The van der Waals surface area contributed by atoms with E-state index in [1.807, 2.05) is 7.05 Å². The smallest absolute Gasteiger partial charge is 0.239 e. The minimum absolute atomic E-state index is 0. The lowest BCUT2D eigenvalue weighted by molar-refractivity contribution is -0.132. The Balaban J connectivity index is 0.00000220. The van der Waals surface area contributed by atoms with E-state index < -0.39 is 6.10 Å². The number of nitrogens with zero attached hydrogens (tertiary/aromatic N) is 1. The Hall–Kier alpha value is -1.10. The maximum Gasteiger partial charge on any atom is 0.239 e. The highest BCUT2D eigenvalue weighted by Crippen LogP contribution is 2.16. The molecule has 1 aromatic carbocycles. The summed E-state index contributed by atoms with van der Waals surface area (Å²) in [6.45, 7) is 5.45. The average Bonchev–Trinajstić information content (AvgIpc) is 2.85. The molecule has 2 rings (SSSR count). The number of hydrogen-bond acceptors (Lipinski definition) is 3. The first kappa shape index (κ1) is 18.0. The van der Waals surface area contributed by atoms with Crippen LogP contribution in [0.15, 0.2) is 24.3 Å². The molecule has 2 N–H and O–H groups in total. The molecule has 1 fully saturated rings. The van der Waals surface area contributed by atoms with Crippen LogP contribution in [0.2, 0.25) is 0 Å². The predicted molar refractivity (Wildman–Crippen MR) is 86.7 cm³/mol.